The van der Waals surface area contributed by atoms with Gasteiger partial charge in [-0.05, 0) is 34.4 Å². The largest absolute Gasteiger partial charge is 0.457 e. The number of ether oxygens (including phenoxy) is 1. The fourth-order valence-electron chi connectivity index (χ4n) is 2.64. The van der Waals surface area contributed by atoms with Crippen molar-refractivity contribution in [1.82, 2.24) is 0 Å². The van der Waals surface area contributed by atoms with Crippen LogP contribution in [0, 0.1) is 0 Å². The van der Waals surface area contributed by atoms with Crippen molar-refractivity contribution >= 4 is 21.5 Å². The van der Waals surface area contributed by atoms with Gasteiger partial charge in [-0.3, -0.25) is 0 Å². The van der Waals surface area contributed by atoms with Gasteiger partial charge in [0.25, 0.3) is 0 Å². The van der Waals surface area contributed by atoms with E-state index in [2.05, 4.69) is 42.5 Å². The molecular formula is C20H14O. The van der Waals surface area contributed by atoms with Gasteiger partial charge in [-0.25, -0.2) is 0 Å². The molecule has 0 saturated carbocycles. The Hall–Kier alpha value is -2.80. The lowest BCUT2D eigenvalue weighted by Gasteiger charge is -2.09. The van der Waals surface area contributed by atoms with E-state index in [1.807, 2.05) is 42.5 Å². The van der Waals surface area contributed by atoms with E-state index in [9.17, 15) is 0 Å². The number of hydrogen-bond donors (Lipinski definition) is 0. The van der Waals surface area contributed by atoms with Crippen LogP contribution in [-0.4, -0.2) is 0 Å². The maximum Gasteiger partial charge on any atom is 0.135 e. The smallest absolute Gasteiger partial charge is 0.135 e. The molecule has 0 bridgehead atoms. The van der Waals surface area contributed by atoms with Crippen LogP contribution >= 0.6 is 0 Å². The highest BCUT2D eigenvalue weighted by molar-refractivity contribution is 5.89. The maximum atomic E-state index is 6.10. The molecule has 1 nitrogen and oxygen atoms in total. The van der Waals surface area contributed by atoms with E-state index < -0.39 is 0 Å². The van der Waals surface area contributed by atoms with Gasteiger partial charge < -0.3 is 4.74 Å². The molecule has 0 atom stereocenters. The van der Waals surface area contributed by atoms with E-state index >= 15 is 0 Å². The normalized spacial score (nSPS) is 10.9. The molecule has 0 radical (unpaired) electrons. The summed E-state index contributed by atoms with van der Waals surface area (Å²) < 4.78 is 6.10. The Morgan fingerprint density at radius 2 is 1.24 bits per heavy atom. The second-order valence-electron chi connectivity index (χ2n) is 5.09. The van der Waals surface area contributed by atoms with Gasteiger partial charge in [0.15, 0.2) is 0 Å². The lowest BCUT2D eigenvalue weighted by molar-refractivity contribution is 0.489. The van der Waals surface area contributed by atoms with Gasteiger partial charge in [-0.1, -0.05) is 66.7 Å². The molecule has 0 unspecified atom stereocenters. The van der Waals surface area contributed by atoms with Crippen molar-refractivity contribution in [3.8, 4) is 11.5 Å². The van der Waals surface area contributed by atoms with Crippen molar-refractivity contribution < 1.29 is 4.74 Å². The van der Waals surface area contributed by atoms with Crippen molar-refractivity contribution in [2.24, 2.45) is 0 Å². The zero-order chi connectivity index (χ0) is 14.1. The van der Waals surface area contributed by atoms with Gasteiger partial charge in [-0.15, -0.1) is 0 Å². The van der Waals surface area contributed by atoms with Crippen molar-refractivity contribution in [1.29, 1.82) is 0 Å². The van der Waals surface area contributed by atoms with Gasteiger partial charge in [0.05, 0.1) is 0 Å². The lowest BCUT2D eigenvalue weighted by atomic mass is 10.1. The first-order valence-electron chi connectivity index (χ1n) is 7.04. The zero-order valence-corrected chi connectivity index (χ0v) is 11.5. The monoisotopic (exact) mass is 270 g/mol. The molecule has 21 heavy (non-hydrogen) atoms. The highest BCUT2D eigenvalue weighted by atomic mass is 16.5. The Kier molecular flexibility index (Phi) is 2.82. The molecule has 0 aliphatic heterocycles. The SMILES string of the molecule is c1ccc2cc(Oc3cccc4ccccc34)ccc2c1. The van der Waals surface area contributed by atoms with Crippen LogP contribution in [0.4, 0.5) is 0 Å². The van der Waals surface area contributed by atoms with Gasteiger partial charge in [0, 0.05) is 5.39 Å². The molecule has 4 rings (SSSR count). The molecule has 0 aliphatic carbocycles. The fraction of sp³-hybridized carbons (Fsp3) is 0. The summed E-state index contributed by atoms with van der Waals surface area (Å²) in [6, 6.07) is 28.9. The van der Waals surface area contributed by atoms with Gasteiger partial charge in [0.2, 0.25) is 0 Å². The average molecular weight is 270 g/mol. The quantitative estimate of drug-likeness (QED) is 0.448. The second kappa shape index (κ2) is 4.95. The summed E-state index contributed by atoms with van der Waals surface area (Å²) in [5, 5.41) is 4.74. The third-order valence-electron chi connectivity index (χ3n) is 3.70. The van der Waals surface area contributed by atoms with Crippen LogP contribution in [0.2, 0.25) is 0 Å². The van der Waals surface area contributed by atoms with Crippen LogP contribution in [0.25, 0.3) is 21.5 Å². The van der Waals surface area contributed by atoms with Crippen molar-refractivity contribution in [2.75, 3.05) is 0 Å². The molecule has 4 aromatic rings. The number of rotatable bonds is 2. The first-order valence-corrected chi connectivity index (χ1v) is 7.04. The summed E-state index contributed by atoms with van der Waals surface area (Å²) in [5.74, 6) is 1.76. The number of hydrogen-bond acceptors (Lipinski definition) is 1. The Balaban J connectivity index is 1.79. The molecule has 0 heterocycles. The molecule has 1 heteroatoms. The Morgan fingerprint density at radius 3 is 2.14 bits per heavy atom. The first kappa shape index (κ1) is 12.0. The molecule has 0 aliphatic rings. The summed E-state index contributed by atoms with van der Waals surface area (Å²) in [4.78, 5) is 0. The van der Waals surface area contributed by atoms with Crippen molar-refractivity contribution in [3.63, 3.8) is 0 Å². The average Bonchev–Trinajstić information content (AvgIpc) is 2.55. The van der Waals surface area contributed by atoms with Crippen LogP contribution in [0.1, 0.15) is 0 Å². The molecule has 100 valence electrons. The van der Waals surface area contributed by atoms with Crippen LogP contribution < -0.4 is 4.74 Å². The Labute approximate surface area is 123 Å². The molecule has 0 saturated heterocycles. The third-order valence-corrected chi connectivity index (χ3v) is 3.70. The third kappa shape index (κ3) is 2.23. The summed E-state index contributed by atoms with van der Waals surface area (Å²) in [7, 11) is 0. The minimum Gasteiger partial charge on any atom is -0.457 e. The van der Waals surface area contributed by atoms with Crippen LogP contribution in [0.5, 0.6) is 11.5 Å². The molecule has 0 amide bonds. The topological polar surface area (TPSA) is 9.23 Å². The number of benzene rings is 4. The van der Waals surface area contributed by atoms with E-state index in [1.54, 1.807) is 0 Å². The van der Waals surface area contributed by atoms with E-state index in [0.29, 0.717) is 0 Å². The molecule has 0 spiro atoms. The summed E-state index contributed by atoms with van der Waals surface area (Å²) in [5.41, 5.74) is 0. The van der Waals surface area contributed by atoms with Crippen LogP contribution in [0.15, 0.2) is 84.9 Å². The molecule has 4 aromatic carbocycles. The van der Waals surface area contributed by atoms with Crippen LogP contribution in [0.3, 0.4) is 0 Å². The van der Waals surface area contributed by atoms with Crippen LogP contribution in [-0.2, 0) is 0 Å². The minimum atomic E-state index is 0.866. The maximum absolute atomic E-state index is 6.10. The Morgan fingerprint density at radius 1 is 0.524 bits per heavy atom. The van der Waals surface area contributed by atoms with Crippen molar-refractivity contribution in [3.05, 3.63) is 84.9 Å². The highest BCUT2D eigenvalue weighted by Gasteiger charge is 2.03. The predicted molar refractivity (Wildman–Crippen MR) is 88.0 cm³/mol. The van der Waals surface area contributed by atoms with E-state index in [4.69, 9.17) is 4.74 Å². The summed E-state index contributed by atoms with van der Waals surface area (Å²) in [6.45, 7) is 0. The molecule has 0 aromatic heterocycles. The second-order valence-corrected chi connectivity index (χ2v) is 5.09. The van der Waals surface area contributed by atoms with Gasteiger partial charge >= 0.3 is 0 Å². The Bertz CT molecular complexity index is 919. The van der Waals surface area contributed by atoms with E-state index in [1.165, 1.54) is 16.2 Å². The molecule has 0 fully saturated rings. The molecule has 0 N–H and O–H groups in total. The highest BCUT2D eigenvalue weighted by Crippen LogP contribution is 2.31. The summed E-state index contributed by atoms with van der Waals surface area (Å²) in [6.07, 6.45) is 0. The molecular weight excluding hydrogens is 256 g/mol. The number of fused-ring (bicyclic) bond motifs is 2. The van der Waals surface area contributed by atoms with E-state index in [0.717, 1.165) is 16.9 Å². The fourth-order valence-corrected chi connectivity index (χ4v) is 2.64. The van der Waals surface area contributed by atoms with Crippen molar-refractivity contribution in [2.45, 2.75) is 0 Å². The zero-order valence-electron chi connectivity index (χ0n) is 11.5. The minimum absolute atomic E-state index is 0.866. The lowest BCUT2D eigenvalue weighted by Crippen LogP contribution is -1.86. The standard InChI is InChI=1S/C20H14O/c1-2-8-17-14-18(13-12-15(17)6-1)21-20-11-5-9-16-7-3-4-10-19(16)20/h1-14H. The summed E-state index contributed by atoms with van der Waals surface area (Å²) >= 11 is 0. The van der Waals surface area contributed by atoms with E-state index in [-0.39, 0.29) is 0 Å². The van der Waals surface area contributed by atoms with Gasteiger partial charge in [-0.2, -0.15) is 0 Å². The predicted octanol–water partition coefficient (Wildman–Crippen LogP) is 5.79. The first-order chi connectivity index (χ1) is 10.4. The van der Waals surface area contributed by atoms with Gasteiger partial charge in [0.1, 0.15) is 11.5 Å².